The molecule has 6 heteroatoms. The van der Waals surface area contributed by atoms with Crippen LogP contribution in [-0.2, 0) is 0 Å². The first-order chi connectivity index (χ1) is 11.0. The van der Waals surface area contributed by atoms with Crippen LogP contribution >= 0.6 is 0 Å². The first-order valence-corrected chi connectivity index (χ1v) is 7.62. The maximum atomic E-state index is 12.2. The molecule has 1 N–H and O–H groups in total. The summed E-state index contributed by atoms with van der Waals surface area (Å²) in [7, 11) is 1.76. The highest BCUT2D eigenvalue weighted by Crippen LogP contribution is 2.20. The van der Waals surface area contributed by atoms with Gasteiger partial charge in [-0.05, 0) is 24.3 Å². The van der Waals surface area contributed by atoms with Gasteiger partial charge in [-0.15, -0.1) is 6.58 Å². The number of urea groups is 1. The highest BCUT2D eigenvalue weighted by atomic mass is 16.5. The molecule has 0 unspecified atom stereocenters. The van der Waals surface area contributed by atoms with Crippen molar-refractivity contribution in [2.75, 3.05) is 26.7 Å². The van der Waals surface area contributed by atoms with Crippen LogP contribution in [0.4, 0.5) is 4.79 Å². The molecule has 0 saturated carbocycles. The number of ether oxygens (including phenoxy) is 1. The first kappa shape index (κ1) is 16.9. The molecule has 0 atom stereocenters. The van der Waals surface area contributed by atoms with Crippen LogP contribution in [-0.4, -0.2) is 59.7 Å². The van der Waals surface area contributed by atoms with E-state index < -0.39 is 5.97 Å². The lowest BCUT2D eigenvalue weighted by molar-refractivity contribution is 0.0697. The van der Waals surface area contributed by atoms with Crippen LogP contribution in [0.3, 0.4) is 0 Å². The van der Waals surface area contributed by atoms with Gasteiger partial charge < -0.3 is 19.6 Å². The average molecular weight is 318 g/mol. The van der Waals surface area contributed by atoms with Crippen molar-refractivity contribution < 1.29 is 19.4 Å². The molecule has 0 aliphatic carbocycles. The fraction of sp³-hybridized carbons (Fsp3) is 0.412. The number of carboxylic acids is 1. The summed E-state index contributed by atoms with van der Waals surface area (Å²) < 4.78 is 5.87. The van der Waals surface area contributed by atoms with Crippen LogP contribution in [0.15, 0.2) is 36.9 Å². The van der Waals surface area contributed by atoms with Gasteiger partial charge in [0.15, 0.2) is 0 Å². The Labute approximate surface area is 136 Å². The molecule has 0 radical (unpaired) electrons. The number of carbonyl (C=O) groups is 2. The maximum Gasteiger partial charge on any atom is 0.335 e. The Morgan fingerprint density at radius 3 is 2.48 bits per heavy atom. The van der Waals surface area contributed by atoms with Crippen molar-refractivity contribution in [2.45, 2.75) is 18.9 Å². The van der Waals surface area contributed by atoms with Gasteiger partial charge in [-0.25, -0.2) is 9.59 Å². The van der Waals surface area contributed by atoms with Crippen molar-refractivity contribution in [3.05, 3.63) is 42.5 Å². The van der Waals surface area contributed by atoms with E-state index in [4.69, 9.17) is 9.84 Å². The minimum atomic E-state index is -0.952. The van der Waals surface area contributed by atoms with Gasteiger partial charge in [0.25, 0.3) is 0 Å². The molecule has 2 rings (SSSR count). The molecule has 1 heterocycles. The number of nitrogens with zero attached hydrogens (tertiary/aromatic N) is 2. The van der Waals surface area contributed by atoms with Crippen LogP contribution in [0, 0.1) is 0 Å². The van der Waals surface area contributed by atoms with E-state index in [2.05, 4.69) is 6.58 Å². The van der Waals surface area contributed by atoms with Crippen LogP contribution in [0.25, 0.3) is 0 Å². The standard InChI is InChI=1S/C17H22N2O4/c1-3-10-18(2)17(22)19-11-8-15(9-12-19)23-14-6-4-13(5-7-14)16(20)21/h3-7,15H,1,8-12H2,2H3,(H,20,21). The number of likely N-dealkylation sites (N-methyl/N-ethyl adjacent to an activating group) is 1. The van der Waals surface area contributed by atoms with Crippen molar-refractivity contribution >= 4 is 12.0 Å². The van der Waals surface area contributed by atoms with E-state index in [-0.39, 0.29) is 17.7 Å². The van der Waals surface area contributed by atoms with Gasteiger partial charge in [0.1, 0.15) is 11.9 Å². The molecule has 0 aromatic heterocycles. The first-order valence-electron chi connectivity index (χ1n) is 7.62. The second-order valence-electron chi connectivity index (χ2n) is 5.59. The fourth-order valence-corrected chi connectivity index (χ4v) is 2.55. The summed E-state index contributed by atoms with van der Waals surface area (Å²) in [5.41, 5.74) is 0.239. The third kappa shape index (κ3) is 4.48. The summed E-state index contributed by atoms with van der Waals surface area (Å²) in [5, 5.41) is 8.87. The quantitative estimate of drug-likeness (QED) is 0.847. The predicted octanol–water partition coefficient (Wildman–Crippen LogP) is 2.47. The Morgan fingerprint density at radius 2 is 1.96 bits per heavy atom. The van der Waals surface area contributed by atoms with E-state index in [1.807, 2.05) is 4.90 Å². The molecule has 1 fully saturated rings. The Balaban J connectivity index is 1.83. The number of carbonyl (C=O) groups excluding carboxylic acids is 1. The largest absolute Gasteiger partial charge is 0.490 e. The minimum absolute atomic E-state index is 0.00848. The molecule has 0 bridgehead atoms. The average Bonchev–Trinajstić information content (AvgIpc) is 2.55. The van der Waals surface area contributed by atoms with Crippen LogP contribution in [0.2, 0.25) is 0 Å². The zero-order chi connectivity index (χ0) is 16.8. The second-order valence-corrected chi connectivity index (χ2v) is 5.59. The third-order valence-electron chi connectivity index (χ3n) is 3.85. The number of benzene rings is 1. The Kier molecular flexibility index (Phi) is 5.62. The fourth-order valence-electron chi connectivity index (χ4n) is 2.55. The van der Waals surface area contributed by atoms with Gasteiger partial charge in [-0.2, -0.15) is 0 Å². The molecule has 23 heavy (non-hydrogen) atoms. The molecule has 2 amide bonds. The number of carboxylic acid groups (broad SMARTS) is 1. The molecule has 1 saturated heterocycles. The number of piperidine rings is 1. The minimum Gasteiger partial charge on any atom is -0.490 e. The van der Waals surface area contributed by atoms with Gasteiger partial charge in [0.05, 0.1) is 5.56 Å². The number of likely N-dealkylation sites (tertiary alicyclic amines) is 1. The molecular formula is C17H22N2O4. The number of hydrogen-bond acceptors (Lipinski definition) is 3. The van der Waals surface area contributed by atoms with E-state index in [9.17, 15) is 9.59 Å². The molecule has 0 spiro atoms. The normalized spacial score (nSPS) is 15.1. The van der Waals surface area contributed by atoms with E-state index >= 15 is 0 Å². The Morgan fingerprint density at radius 1 is 1.35 bits per heavy atom. The van der Waals surface area contributed by atoms with Gasteiger partial charge in [0.2, 0.25) is 0 Å². The molecule has 6 nitrogen and oxygen atoms in total. The molecule has 124 valence electrons. The highest BCUT2D eigenvalue weighted by Gasteiger charge is 2.25. The predicted molar refractivity (Wildman–Crippen MR) is 86.8 cm³/mol. The number of amides is 2. The van der Waals surface area contributed by atoms with E-state index in [1.54, 1.807) is 30.2 Å². The van der Waals surface area contributed by atoms with Crippen LogP contribution in [0.1, 0.15) is 23.2 Å². The zero-order valence-electron chi connectivity index (χ0n) is 13.3. The monoisotopic (exact) mass is 318 g/mol. The summed E-state index contributed by atoms with van der Waals surface area (Å²) in [4.78, 5) is 26.4. The van der Waals surface area contributed by atoms with E-state index in [0.29, 0.717) is 25.4 Å². The molecular weight excluding hydrogens is 296 g/mol. The van der Waals surface area contributed by atoms with Gasteiger partial charge in [0, 0.05) is 39.5 Å². The van der Waals surface area contributed by atoms with Crippen molar-refractivity contribution in [1.29, 1.82) is 0 Å². The Hall–Kier alpha value is -2.50. The third-order valence-corrected chi connectivity index (χ3v) is 3.85. The van der Waals surface area contributed by atoms with E-state index in [1.165, 1.54) is 12.1 Å². The molecule has 1 aliphatic rings. The molecule has 1 aromatic rings. The SMILES string of the molecule is C=CCN(C)C(=O)N1CCC(Oc2ccc(C(=O)O)cc2)CC1. The molecule has 1 aromatic carbocycles. The topological polar surface area (TPSA) is 70.1 Å². The number of hydrogen-bond donors (Lipinski definition) is 1. The lowest BCUT2D eigenvalue weighted by atomic mass is 10.1. The van der Waals surface area contributed by atoms with Crippen molar-refractivity contribution in [1.82, 2.24) is 9.80 Å². The Bertz CT molecular complexity index is 562. The lowest BCUT2D eigenvalue weighted by Crippen LogP contribution is -2.47. The van der Waals surface area contributed by atoms with Gasteiger partial charge >= 0.3 is 12.0 Å². The van der Waals surface area contributed by atoms with Crippen LogP contribution < -0.4 is 4.74 Å². The second kappa shape index (κ2) is 7.67. The highest BCUT2D eigenvalue weighted by molar-refractivity contribution is 5.87. The smallest absolute Gasteiger partial charge is 0.335 e. The number of rotatable bonds is 5. The summed E-state index contributed by atoms with van der Waals surface area (Å²) in [5.74, 6) is -0.296. The van der Waals surface area contributed by atoms with Crippen molar-refractivity contribution in [3.63, 3.8) is 0 Å². The number of aromatic carboxylic acids is 1. The summed E-state index contributed by atoms with van der Waals surface area (Å²) in [6.07, 6.45) is 3.26. The summed E-state index contributed by atoms with van der Waals surface area (Å²) in [6.45, 7) is 5.47. The summed E-state index contributed by atoms with van der Waals surface area (Å²) >= 11 is 0. The van der Waals surface area contributed by atoms with Crippen LogP contribution in [0.5, 0.6) is 5.75 Å². The maximum absolute atomic E-state index is 12.2. The van der Waals surface area contributed by atoms with E-state index in [0.717, 1.165) is 12.8 Å². The molecule has 1 aliphatic heterocycles. The van der Waals surface area contributed by atoms with Gasteiger partial charge in [-0.3, -0.25) is 0 Å². The van der Waals surface area contributed by atoms with Gasteiger partial charge in [-0.1, -0.05) is 6.08 Å². The van der Waals surface area contributed by atoms with Crippen molar-refractivity contribution in [2.24, 2.45) is 0 Å². The van der Waals surface area contributed by atoms with Crippen molar-refractivity contribution in [3.8, 4) is 5.75 Å². The zero-order valence-corrected chi connectivity index (χ0v) is 13.3. The lowest BCUT2D eigenvalue weighted by Gasteiger charge is -2.34. The summed E-state index contributed by atoms with van der Waals surface area (Å²) in [6, 6.07) is 6.40.